The molecule has 342 valence electrons. The molecule has 0 bridgehead atoms. The van der Waals surface area contributed by atoms with Crippen molar-refractivity contribution in [2.75, 3.05) is 7.11 Å². The van der Waals surface area contributed by atoms with Crippen LogP contribution in [0.4, 0.5) is 26.3 Å². The number of methoxy groups -OCH3 is 1. The number of H-pyrrole nitrogens is 2. The number of alkyl halides is 6. The number of fused-ring (bicyclic) bond motifs is 2. The molecule has 0 aliphatic carbocycles. The van der Waals surface area contributed by atoms with Gasteiger partial charge in [0.1, 0.15) is 36.4 Å². The van der Waals surface area contributed by atoms with E-state index in [-0.39, 0.29) is 54.6 Å². The van der Waals surface area contributed by atoms with E-state index in [1.165, 1.54) is 31.4 Å². The largest absolute Gasteiger partial charge is 1.00 e. The van der Waals surface area contributed by atoms with E-state index < -0.39 is 47.6 Å². The molecule has 6 N–H and O–H groups in total. The Morgan fingerprint density at radius 1 is 0.597 bits per heavy atom. The minimum Gasteiger partial charge on any atom is -0.870 e. The number of aliphatic carboxylic acids is 1. The first-order valence-corrected chi connectivity index (χ1v) is 19.4. The maximum absolute atomic E-state index is 12.7. The molecule has 0 saturated carbocycles. The summed E-state index contributed by atoms with van der Waals surface area (Å²) in [5.41, 5.74) is 4.50. The minimum absolute atomic E-state index is 0. The maximum Gasteiger partial charge on any atom is 1.00 e. The molecule has 67 heavy (non-hydrogen) atoms. The third-order valence-electron chi connectivity index (χ3n) is 9.97. The second kappa shape index (κ2) is 21.4. The molecule has 0 fully saturated rings. The average Bonchev–Trinajstić information content (AvgIpc) is 3.92. The molecule has 2 heterocycles. The first-order valence-electron chi connectivity index (χ1n) is 19.4. The number of carbonyl (C=O) groups is 2. The zero-order valence-electron chi connectivity index (χ0n) is 35.3. The Kier molecular flexibility index (Phi) is 16.3. The van der Waals surface area contributed by atoms with E-state index in [0.29, 0.717) is 56.0 Å². The molecule has 8 rings (SSSR count). The van der Waals surface area contributed by atoms with Crippen LogP contribution in [0.1, 0.15) is 46.1 Å². The molecule has 0 spiro atoms. The number of ether oxygens (including phenoxy) is 3. The van der Waals surface area contributed by atoms with E-state index in [9.17, 15) is 46.1 Å². The number of hydrogen-bond donors (Lipinski definition) is 5. The normalized spacial score (nSPS) is 12.2. The van der Waals surface area contributed by atoms with Crippen LogP contribution in [0.15, 0.2) is 133 Å². The Hall–Kier alpha value is -7.14. The first kappa shape index (κ1) is 50.9. The standard InChI is InChI=1S/C24H19F3N2O4.C23H17F3N2O4.Li.H2O/c1-32-23(31)22(30)18-5-3-2-4-17(18)14-6-11-19-20(12-14)29-21(28-19)13-33-16-9-7-15(8-10-16)24(25,26)27;24-23(25,26)14-6-8-15(9-7-14)32-12-20-27-18-10-5-13(11-19(18)28-20)16-3-1-2-4-17(16)21(29)22(30)31;;/h2-12,22,30H,13H2,1H3,(H,28,29);1-11,21,29H,12H2,(H,27,28)(H,30,31);;1H2/q;;+1;/p-1. The number of aromatic nitrogens is 4. The van der Waals surface area contributed by atoms with Gasteiger partial charge in [-0.3, -0.25) is 0 Å². The molecular formula is C47H37F6LiN4O9. The number of benzene rings is 6. The summed E-state index contributed by atoms with van der Waals surface area (Å²) in [7, 11) is 1.21. The smallest absolute Gasteiger partial charge is 0.870 e. The van der Waals surface area contributed by atoms with Crippen molar-refractivity contribution in [2.24, 2.45) is 0 Å². The average molecular weight is 923 g/mol. The van der Waals surface area contributed by atoms with Crippen molar-refractivity contribution >= 4 is 34.0 Å². The van der Waals surface area contributed by atoms with Gasteiger partial charge in [0.2, 0.25) is 0 Å². The number of rotatable bonds is 12. The predicted octanol–water partition coefficient (Wildman–Crippen LogP) is 6.81. The van der Waals surface area contributed by atoms with Crippen LogP contribution in [0.2, 0.25) is 0 Å². The van der Waals surface area contributed by atoms with Crippen molar-refractivity contribution in [2.45, 2.75) is 37.8 Å². The zero-order chi connectivity index (χ0) is 46.5. The molecule has 6 aromatic carbocycles. The van der Waals surface area contributed by atoms with Gasteiger partial charge >= 0.3 is 43.2 Å². The van der Waals surface area contributed by atoms with Crippen LogP contribution in [0.3, 0.4) is 0 Å². The molecule has 0 amide bonds. The Labute approximate surface area is 388 Å². The molecule has 0 aliphatic heterocycles. The van der Waals surface area contributed by atoms with Gasteiger partial charge in [0, 0.05) is 0 Å². The van der Waals surface area contributed by atoms with Crippen LogP contribution < -0.4 is 28.3 Å². The Morgan fingerprint density at radius 2 is 0.985 bits per heavy atom. The number of carboxylic acids is 1. The third-order valence-corrected chi connectivity index (χ3v) is 9.97. The van der Waals surface area contributed by atoms with Gasteiger partial charge in [-0.25, -0.2) is 19.6 Å². The fourth-order valence-corrected chi connectivity index (χ4v) is 6.75. The molecule has 2 aromatic heterocycles. The number of hydrogen-bond acceptors (Lipinski definition) is 10. The summed E-state index contributed by atoms with van der Waals surface area (Å²) >= 11 is 0. The second-order valence-corrected chi connectivity index (χ2v) is 14.3. The summed E-state index contributed by atoms with van der Waals surface area (Å²) in [5, 5.41) is 29.5. The van der Waals surface area contributed by atoms with Gasteiger partial charge in [0.15, 0.2) is 12.2 Å². The van der Waals surface area contributed by atoms with Crippen molar-refractivity contribution in [1.82, 2.24) is 19.9 Å². The minimum atomic E-state index is -4.41. The van der Waals surface area contributed by atoms with Gasteiger partial charge in [-0.05, 0) is 106 Å². The monoisotopic (exact) mass is 922 g/mol. The summed E-state index contributed by atoms with van der Waals surface area (Å²) in [5.74, 6) is -0.582. The SMILES string of the molecule is COC(=O)C(O)c1ccccc1-c1ccc2nc(COc3ccc(C(F)(F)F)cc3)[nH]c2c1.O=C(O)C(O)c1ccccc1-c1ccc2nc(COc3ccc(C(F)(F)F)cc3)[nH]c2c1.[Li+].[OH-]. The Morgan fingerprint density at radius 3 is 1.36 bits per heavy atom. The van der Waals surface area contributed by atoms with Gasteiger partial charge in [0.05, 0.1) is 40.3 Å². The third kappa shape index (κ3) is 12.2. The van der Waals surface area contributed by atoms with Crippen molar-refractivity contribution in [3.8, 4) is 33.8 Å². The van der Waals surface area contributed by atoms with Crippen LogP contribution in [-0.4, -0.2) is 59.8 Å². The summed E-state index contributed by atoms with van der Waals surface area (Å²) in [6.45, 7) is 0.0523. The zero-order valence-corrected chi connectivity index (χ0v) is 35.3. The van der Waals surface area contributed by atoms with Crippen LogP contribution in [0.25, 0.3) is 44.3 Å². The molecule has 0 aliphatic rings. The van der Waals surface area contributed by atoms with Crippen LogP contribution >= 0.6 is 0 Å². The van der Waals surface area contributed by atoms with Crippen molar-refractivity contribution in [3.63, 3.8) is 0 Å². The topological polar surface area (TPSA) is 210 Å². The molecular weight excluding hydrogens is 885 g/mol. The quantitative estimate of drug-likeness (QED) is 0.0489. The van der Waals surface area contributed by atoms with E-state index in [4.69, 9.17) is 14.6 Å². The molecule has 20 heteroatoms. The van der Waals surface area contributed by atoms with Gasteiger partial charge < -0.3 is 45.0 Å². The fraction of sp³-hybridized carbons (Fsp3) is 0.149. The van der Waals surface area contributed by atoms with E-state index >= 15 is 0 Å². The number of imidazole rings is 2. The second-order valence-electron chi connectivity index (χ2n) is 14.3. The summed E-state index contributed by atoms with van der Waals surface area (Å²) < 4.78 is 91.7. The number of aromatic amines is 2. The Balaban J connectivity index is 0.000000244. The number of aliphatic hydroxyl groups is 2. The van der Waals surface area contributed by atoms with Gasteiger partial charge in [-0.2, -0.15) is 26.3 Å². The molecule has 13 nitrogen and oxygen atoms in total. The predicted molar refractivity (Wildman–Crippen MR) is 226 cm³/mol. The maximum atomic E-state index is 12.7. The number of esters is 1. The molecule has 0 radical (unpaired) electrons. The number of carbonyl (C=O) groups excluding carboxylic acids is 1. The molecule has 0 saturated heterocycles. The van der Waals surface area contributed by atoms with E-state index in [1.807, 2.05) is 12.1 Å². The van der Waals surface area contributed by atoms with E-state index in [0.717, 1.165) is 29.8 Å². The van der Waals surface area contributed by atoms with E-state index in [1.54, 1.807) is 72.8 Å². The van der Waals surface area contributed by atoms with Gasteiger partial charge in [0.25, 0.3) is 0 Å². The number of aliphatic hydroxyl groups excluding tert-OH is 2. The van der Waals surface area contributed by atoms with Crippen LogP contribution in [0.5, 0.6) is 11.5 Å². The fourth-order valence-electron chi connectivity index (χ4n) is 6.75. The van der Waals surface area contributed by atoms with Crippen LogP contribution in [-0.2, 0) is 39.9 Å². The number of carboxylic acid groups (broad SMARTS) is 1. The summed E-state index contributed by atoms with van der Waals surface area (Å²) in [6, 6.07) is 33.1. The van der Waals surface area contributed by atoms with E-state index in [2.05, 4.69) is 24.7 Å². The van der Waals surface area contributed by atoms with Crippen LogP contribution in [0, 0.1) is 0 Å². The van der Waals surface area contributed by atoms with Crippen molar-refractivity contribution < 1.29 is 89.8 Å². The summed E-state index contributed by atoms with van der Waals surface area (Å²) in [6.07, 6.45) is -11.9. The Bertz CT molecular complexity index is 2960. The van der Waals surface area contributed by atoms with Gasteiger partial charge in [-0.15, -0.1) is 0 Å². The molecule has 8 aromatic rings. The number of nitrogens with one attached hydrogen (secondary N) is 2. The van der Waals surface area contributed by atoms with Gasteiger partial charge in [-0.1, -0.05) is 60.7 Å². The number of nitrogens with zero attached hydrogens (tertiary/aromatic N) is 2. The number of halogens is 6. The molecule has 2 atom stereocenters. The van der Waals surface area contributed by atoms with Crippen molar-refractivity contribution in [3.05, 3.63) is 167 Å². The van der Waals surface area contributed by atoms with Crippen molar-refractivity contribution in [1.29, 1.82) is 0 Å². The molecule has 2 unspecified atom stereocenters. The first-order chi connectivity index (χ1) is 31.0. The summed E-state index contributed by atoms with van der Waals surface area (Å²) in [4.78, 5) is 38.1.